The van der Waals surface area contributed by atoms with E-state index in [2.05, 4.69) is 0 Å². The Balaban J connectivity index is 1.34. The third-order valence-electron chi connectivity index (χ3n) is 5.09. The summed E-state index contributed by atoms with van der Waals surface area (Å²) in [7, 11) is 0. The van der Waals surface area contributed by atoms with Crippen LogP contribution in [-0.4, -0.2) is 42.1 Å². The van der Waals surface area contributed by atoms with Crippen molar-refractivity contribution in [3.05, 3.63) is 77.9 Å². The molecule has 0 spiro atoms. The van der Waals surface area contributed by atoms with Crippen LogP contribution in [0.2, 0.25) is 0 Å². The Morgan fingerprint density at radius 1 is 0.793 bits per heavy atom. The second kappa shape index (κ2) is 7.68. The van der Waals surface area contributed by atoms with E-state index in [1.807, 2.05) is 56.3 Å². The summed E-state index contributed by atoms with van der Waals surface area (Å²) in [6.07, 6.45) is 0. The molecule has 0 atom stereocenters. The second-order valence-electron chi connectivity index (χ2n) is 7.68. The number of fused-ring (bicyclic) bond motifs is 2. The van der Waals surface area contributed by atoms with Crippen LogP contribution in [0.4, 0.5) is 0 Å². The maximum atomic E-state index is 12.7. The molecule has 0 saturated carbocycles. The molecular formula is C24H23NO4. The summed E-state index contributed by atoms with van der Waals surface area (Å²) in [6, 6.07) is 20.9. The maximum Gasteiger partial charge on any atom is 0.262 e. The average Bonchev–Trinajstić information content (AvgIpc) is 2.99. The Morgan fingerprint density at radius 2 is 1.41 bits per heavy atom. The van der Waals surface area contributed by atoms with Gasteiger partial charge in [-0.2, -0.15) is 0 Å². The van der Waals surface area contributed by atoms with E-state index >= 15 is 0 Å². The highest BCUT2D eigenvalue weighted by molar-refractivity contribution is 6.21. The number of carbonyl (C=O) groups excluding carboxylic acids is 2. The van der Waals surface area contributed by atoms with Gasteiger partial charge in [0.05, 0.1) is 29.9 Å². The lowest BCUT2D eigenvalue weighted by atomic mass is 10.0. The molecule has 5 nitrogen and oxygen atoms in total. The molecule has 5 heteroatoms. The molecule has 1 heterocycles. The molecule has 0 bridgehead atoms. The minimum atomic E-state index is -0.757. The summed E-state index contributed by atoms with van der Waals surface area (Å²) in [5.41, 5.74) is 0.141. The van der Waals surface area contributed by atoms with Crippen molar-refractivity contribution in [2.24, 2.45) is 0 Å². The van der Waals surface area contributed by atoms with Crippen molar-refractivity contribution in [3.63, 3.8) is 0 Å². The first-order valence-electron chi connectivity index (χ1n) is 9.65. The minimum absolute atomic E-state index is 0.233. The Kier molecular flexibility index (Phi) is 5.07. The first-order valence-corrected chi connectivity index (χ1v) is 9.65. The number of nitrogens with zero attached hydrogens (tertiary/aromatic N) is 1. The number of hydrogen-bond donors (Lipinski definition) is 0. The predicted molar refractivity (Wildman–Crippen MR) is 111 cm³/mol. The molecule has 0 radical (unpaired) electrons. The molecule has 1 aliphatic heterocycles. The van der Waals surface area contributed by atoms with E-state index in [1.54, 1.807) is 24.3 Å². The van der Waals surface area contributed by atoms with Crippen molar-refractivity contribution in [2.45, 2.75) is 19.4 Å². The molecule has 2 amide bonds. The number of ether oxygens (including phenoxy) is 2. The molecule has 0 aliphatic carbocycles. The van der Waals surface area contributed by atoms with Crippen LogP contribution in [0, 0.1) is 0 Å². The van der Waals surface area contributed by atoms with Crippen molar-refractivity contribution in [1.82, 2.24) is 4.90 Å². The fourth-order valence-corrected chi connectivity index (χ4v) is 3.66. The molecule has 4 rings (SSSR count). The monoisotopic (exact) mass is 389 g/mol. The van der Waals surface area contributed by atoms with Gasteiger partial charge in [-0.15, -0.1) is 0 Å². The van der Waals surface area contributed by atoms with E-state index in [1.165, 1.54) is 4.90 Å². The lowest BCUT2D eigenvalue weighted by molar-refractivity contribution is 0.0104. The van der Waals surface area contributed by atoms with Crippen LogP contribution in [0.25, 0.3) is 10.8 Å². The highest BCUT2D eigenvalue weighted by Gasteiger charge is 2.43. The number of carbonyl (C=O) groups is 2. The van der Waals surface area contributed by atoms with Crippen molar-refractivity contribution in [1.29, 1.82) is 0 Å². The van der Waals surface area contributed by atoms with E-state index in [9.17, 15) is 9.59 Å². The molecule has 0 N–H and O–H groups in total. The van der Waals surface area contributed by atoms with E-state index in [0.717, 1.165) is 16.5 Å². The third-order valence-corrected chi connectivity index (χ3v) is 5.09. The minimum Gasteiger partial charge on any atom is -0.491 e. The first-order chi connectivity index (χ1) is 14.0. The lowest BCUT2D eigenvalue weighted by Gasteiger charge is -2.33. The van der Waals surface area contributed by atoms with Crippen molar-refractivity contribution in [2.75, 3.05) is 19.8 Å². The van der Waals surface area contributed by atoms with Crippen LogP contribution in [0.15, 0.2) is 66.7 Å². The topological polar surface area (TPSA) is 55.8 Å². The Bertz CT molecular complexity index is 1030. The molecule has 1 aliphatic rings. The van der Waals surface area contributed by atoms with Gasteiger partial charge in [0.15, 0.2) is 0 Å². The fourth-order valence-electron chi connectivity index (χ4n) is 3.66. The molecular weight excluding hydrogens is 366 g/mol. The van der Waals surface area contributed by atoms with Gasteiger partial charge in [-0.1, -0.05) is 48.5 Å². The summed E-state index contributed by atoms with van der Waals surface area (Å²) in [6.45, 7) is 4.64. The molecule has 3 aromatic carbocycles. The van der Waals surface area contributed by atoms with Crippen molar-refractivity contribution in [3.8, 4) is 5.75 Å². The molecule has 148 valence electrons. The standard InChI is InChI=1S/C24H23NO4/c1-24(2,25-22(26)19-11-5-6-12-20(19)23(25)27)16-28-14-15-29-21-13-7-9-17-8-3-4-10-18(17)21/h3-13H,14-16H2,1-2H3. The summed E-state index contributed by atoms with van der Waals surface area (Å²) in [5, 5.41) is 2.18. The van der Waals surface area contributed by atoms with Crippen molar-refractivity contribution >= 4 is 22.6 Å². The van der Waals surface area contributed by atoms with Gasteiger partial charge in [0.25, 0.3) is 11.8 Å². The Labute approximate surface area is 169 Å². The number of benzene rings is 3. The van der Waals surface area contributed by atoms with Gasteiger partial charge in [-0.3, -0.25) is 14.5 Å². The highest BCUT2D eigenvalue weighted by atomic mass is 16.5. The van der Waals surface area contributed by atoms with Crippen LogP contribution < -0.4 is 4.74 Å². The number of amides is 2. The highest BCUT2D eigenvalue weighted by Crippen LogP contribution is 2.29. The zero-order valence-electron chi connectivity index (χ0n) is 16.6. The Hall–Kier alpha value is -3.18. The number of rotatable bonds is 7. The van der Waals surface area contributed by atoms with Crippen LogP contribution >= 0.6 is 0 Å². The van der Waals surface area contributed by atoms with Crippen LogP contribution in [0.3, 0.4) is 0 Å². The summed E-state index contributed by atoms with van der Waals surface area (Å²) >= 11 is 0. The van der Waals surface area contributed by atoms with Gasteiger partial charge in [-0.25, -0.2) is 0 Å². The summed E-state index contributed by atoms with van der Waals surface area (Å²) < 4.78 is 11.6. The van der Waals surface area contributed by atoms with Crippen molar-refractivity contribution < 1.29 is 19.1 Å². The van der Waals surface area contributed by atoms with E-state index in [4.69, 9.17) is 9.47 Å². The van der Waals surface area contributed by atoms with E-state index < -0.39 is 5.54 Å². The summed E-state index contributed by atoms with van der Waals surface area (Å²) in [4.78, 5) is 26.6. The van der Waals surface area contributed by atoms with Gasteiger partial charge in [0.1, 0.15) is 12.4 Å². The van der Waals surface area contributed by atoms with Crippen LogP contribution in [0.5, 0.6) is 5.75 Å². The zero-order chi connectivity index (χ0) is 20.4. The van der Waals surface area contributed by atoms with Gasteiger partial charge in [-0.05, 0) is 37.4 Å². The SMILES string of the molecule is CC(C)(COCCOc1cccc2ccccc12)N1C(=O)c2ccccc2C1=O. The van der Waals surface area contributed by atoms with Gasteiger partial charge >= 0.3 is 0 Å². The maximum absolute atomic E-state index is 12.7. The lowest BCUT2D eigenvalue weighted by Crippen LogP contribution is -2.50. The second-order valence-corrected chi connectivity index (χ2v) is 7.68. The van der Waals surface area contributed by atoms with Gasteiger partial charge in [0, 0.05) is 5.39 Å². The smallest absolute Gasteiger partial charge is 0.262 e. The van der Waals surface area contributed by atoms with Gasteiger partial charge < -0.3 is 9.47 Å². The third kappa shape index (κ3) is 3.61. The first kappa shape index (κ1) is 19.2. The molecule has 0 unspecified atom stereocenters. The van der Waals surface area contributed by atoms with E-state index in [-0.39, 0.29) is 18.4 Å². The molecule has 0 fully saturated rings. The summed E-state index contributed by atoms with van der Waals surface area (Å²) in [5.74, 6) is 0.267. The van der Waals surface area contributed by atoms with E-state index in [0.29, 0.717) is 24.3 Å². The Morgan fingerprint density at radius 3 is 2.14 bits per heavy atom. The molecule has 29 heavy (non-hydrogen) atoms. The zero-order valence-corrected chi connectivity index (χ0v) is 16.6. The number of hydrogen-bond acceptors (Lipinski definition) is 4. The largest absolute Gasteiger partial charge is 0.491 e. The molecule has 0 aromatic heterocycles. The fraction of sp³-hybridized carbons (Fsp3) is 0.250. The molecule has 3 aromatic rings. The predicted octanol–water partition coefficient (Wildman–Crippen LogP) is 4.31. The number of imide groups is 1. The van der Waals surface area contributed by atoms with Gasteiger partial charge in [0.2, 0.25) is 0 Å². The normalized spacial score (nSPS) is 13.8. The van der Waals surface area contributed by atoms with Crippen LogP contribution in [-0.2, 0) is 4.74 Å². The molecule has 0 saturated heterocycles. The van der Waals surface area contributed by atoms with Crippen LogP contribution in [0.1, 0.15) is 34.6 Å². The average molecular weight is 389 g/mol. The quantitative estimate of drug-likeness (QED) is 0.446.